The van der Waals surface area contributed by atoms with Gasteiger partial charge in [0.2, 0.25) is 0 Å². The largest absolute Gasteiger partial charge is 0.356 e. The molecule has 0 spiro atoms. The molecular formula is C18H25N3. The Morgan fingerprint density at radius 2 is 2.19 bits per heavy atom. The van der Waals surface area contributed by atoms with Gasteiger partial charge in [-0.1, -0.05) is 31.2 Å². The second kappa shape index (κ2) is 6.90. The third kappa shape index (κ3) is 3.35. The lowest BCUT2D eigenvalue weighted by Crippen LogP contribution is -2.39. The van der Waals surface area contributed by atoms with E-state index in [0.717, 1.165) is 37.8 Å². The van der Waals surface area contributed by atoms with Crippen LogP contribution in [0, 0.1) is 5.92 Å². The lowest BCUT2D eigenvalue weighted by atomic mass is 9.98. The molecule has 1 aliphatic rings. The molecule has 1 atom stereocenters. The van der Waals surface area contributed by atoms with Crippen molar-refractivity contribution in [1.82, 2.24) is 10.3 Å². The number of fused-ring (bicyclic) bond motifs is 1. The molecule has 2 heterocycles. The zero-order chi connectivity index (χ0) is 14.5. The van der Waals surface area contributed by atoms with E-state index in [1.165, 1.54) is 30.2 Å². The van der Waals surface area contributed by atoms with Gasteiger partial charge in [0.25, 0.3) is 0 Å². The molecule has 0 radical (unpaired) electrons. The zero-order valence-corrected chi connectivity index (χ0v) is 12.9. The summed E-state index contributed by atoms with van der Waals surface area (Å²) in [6, 6.07) is 10.7. The van der Waals surface area contributed by atoms with Gasteiger partial charge in [0, 0.05) is 24.7 Å². The second-order valence-corrected chi connectivity index (χ2v) is 6.01. The fourth-order valence-corrected chi connectivity index (χ4v) is 3.30. The number of pyridine rings is 1. The van der Waals surface area contributed by atoms with Crippen LogP contribution in [-0.4, -0.2) is 31.2 Å². The van der Waals surface area contributed by atoms with Crippen molar-refractivity contribution in [3.05, 3.63) is 36.5 Å². The van der Waals surface area contributed by atoms with E-state index in [0.29, 0.717) is 0 Å². The predicted octanol–water partition coefficient (Wildman–Crippen LogP) is 3.45. The van der Waals surface area contributed by atoms with E-state index < -0.39 is 0 Å². The van der Waals surface area contributed by atoms with Crippen molar-refractivity contribution in [3.8, 4) is 0 Å². The maximum atomic E-state index is 4.70. The lowest BCUT2D eigenvalue weighted by molar-refractivity contribution is 0.376. The number of anilines is 1. The molecule has 3 rings (SSSR count). The fraction of sp³-hybridized carbons (Fsp3) is 0.500. The highest BCUT2D eigenvalue weighted by Gasteiger charge is 2.18. The van der Waals surface area contributed by atoms with E-state index in [4.69, 9.17) is 4.98 Å². The van der Waals surface area contributed by atoms with Crippen LogP contribution in [0.5, 0.6) is 0 Å². The van der Waals surface area contributed by atoms with E-state index in [2.05, 4.69) is 47.5 Å². The van der Waals surface area contributed by atoms with Crippen molar-refractivity contribution in [3.63, 3.8) is 0 Å². The van der Waals surface area contributed by atoms with Crippen LogP contribution >= 0.6 is 0 Å². The van der Waals surface area contributed by atoms with Gasteiger partial charge in [0.15, 0.2) is 0 Å². The number of nitrogens with zero attached hydrogens (tertiary/aromatic N) is 2. The van der Waals surface area contributed by atoms with Gasteiger partial charge in [-0.15, -0.1) is 0 Å². The first-order valence-electron chi connectivity index (χ1n) is 8.18. The van der Waals surface area contributed by atoms with Crippen molar-refractivity contribution in [2.75, 3.05) is 31.1 Å². The number of hydrogen-bond donors (Lipinski definition) is 1. The van der Waals surface area contributed by atoms with E-state index in [1.54, 1.807) is 0 Å². The SMILES string of the molecule is CCCN(CC1CCCNC1)c1nccc2ccccc12. The first kappa shape index (κ1) is 14.3. The van der Waals surface area contributed by atoms with Crippen LogP contribution in [0.4, 0.5) is 5.82 Å². The van der Waals surface area contributed by atoms with Crippen LogP contribution in [0.2, 0.25) is 0 Å². The number of aromatic nitrogens is 1. The summed E-state index contributed by atoms with van der Waals surface area (Å²) in [5, 5.41) is 6.08. The Morgan fingerprint density at radius 3 is 3.00 bits per heavy atom. The second-order valence-electron chi connectivity index (χ2n) is 6.01. The normalized spacial score (nSPS) is 18.8. The summed E-state index contributed by atoms with van der Waals surface area (Å²) < 4.78 is 0. The highest BCUT2D eigenvalue weighted by Crippen LogP contribution is 2.26. The standard InChI is InChI=1S/C18H25N3/c1-2-12-21(14-15-6-5-10-19-13-15)18-17-8-4-3-7-16(17)9-11-20-18/h3-4,7-9,11,15,19H,2,5-6,10,12-14H2,1H3. The maximum Gasteiger partial charge on any atom is 0.136 e. The monoisotopic (exact) mass is 283 g/mol. The molecule has 0 amide bonds. The van der Waals surface area contributed by atoms with Crippen molar-refractivity contribution in [1.29, 1.82) is 0 Å². The Bertz CT molecular complexity index is 570. The summed E-state index contributed by atoms with van der Waals surface area (Å²) in [6.07, 6.45) is 5.73. The minimum Gasteiger partial charge on any atom is -0.356 e. The summed E-state index contributed by atoms with van der Waals surface area (Å²) in [7, 11) is 0. The molecule has 0 saturated carbocycles. The number of rotatable bonds is 5. The molecule has 1 aromatic carbocycles. The Hall–Kier alpha value is -1.61. The lowest BCUT2D eigenvalue weighted by Gasteiger charge is -2.31. The van der Waals surface area contributed by atoms with Gasteiger partial charge in [-0.3, -0.25) is 0 Å². The third-order valence-electron chi connectivity index (χ3n) is 4.32. The molecule has 1 aliphatic heterocycles. The number of nitrogens with one attached hydrogen (secondary N) is 1. The Balaban J connectivity index is 1.87. The van der Waals surface area contributed by atoms with Gasteiger partial charge in [-0.2, -0.15) is 0 Å². The van der Waals surface area contributed by atoms with Gasteiger partial charge in [-0.25, -0.2) is 4.98 Å². The molecule has 1 fully saturated rings. The summed E-state index contributed by atoms with van der Waals surface area (Å²) in [5.41, 5.74) is 0. The van der Waals surface area contributed by atoms with Gasteiger partial charge >= 0.3 is 0 Å². The molecule has 3 heteroatoms. The van der Waals surface area contributed by atoms with Crippen LogP contribution in [-0.2, 0) is 0 Å². The van der Waals surface area contributed by atoms with Gasteiger partial charge in [0.05, 0.1) is 0 Å². The Labute approximate surface area is 127 Å². The molecule has 1 N–H and O–H groups in total. The molecule has 0 bridgehead atoms. The molecular weight excluding hydrogens is 258 g/mol. The Kier molecular flexibility index (Phi) is 4.71. The van der Waals surface area contributed by atoms with Gasteiger partial charge < -0.3 is 10.2 Å². The summed E-state index contributed by atoms with van der Waals surface area (Å²) in [6.45, 7) is 6.76. The van der Waals surface area contributed by atoms with Crippen LogP contribution in [0.15, 0.2) is 36.5 Å². The smallest absolute Gasteiger partial charge is 0.136 e. The van der Waals surface area contributed by atoms with E-state index in [1.807, 2.05) is 6.20 Å². The zero-order valence-electron chi connectivity index (χ0n) is 12.9. The topological polar surface area (TPSA) is 28.2 Å². The molecule has 1 unspecified atom stereocenters. The molecule has 3 nitrogen and oxygen atoms in total. The molecule has 112 valence electrons. The maximum absolute atomic E-state index is 4.70. The van der Waals surface area contributed by atoms with Crippen molar-refractivity contribution >= 4 is 16.6 Å². The number of piperidine rings is 1. The van der Waals surface area contributed by atoms with Crippen molar-refractivity contribution in [2.45, 2.75) is 26.2 Å². The quantitative estimate of drug-likeness (QED) is 0.911. The van der Waals surface area contributed by atoms with Crippen molar-refractivity contribution in [2.24, 2.45) is 5.92 Å². The highest BCUT2D eigenvalue weighted by molar-refractivity contribution is 5.92. The van der Waals surface area contributed by atoms with Crippen LogP contribution in [0.1, 0.15) is 26.2 Å². The summed E-state index contributed by atoms with van der Waals surface area (Å²) in [4.78, 5) is 7.18. The van der Waals surface area contributed by atoms with E-state index in [9.17, 15) is 0 Å². The molecule has 0 aliphatic carbocycles. The van der Waals surface area contributed by atoms with Gasteiger partial charge in [-0.05, 0) is 49.7 Å². The van der Waals surface area contributed by atoms with E-state index in [-0.39, 0.29) is 0 Å². The first-order chi connectivity index (χ1) is 10.4. The van der Waals surface area contributed by atoms with Crippen LogP contribution in [0.25, 0.3) is 10.8 Å². The third-order valence-corrected chi connectivity index (χ3v) is 4.32. The van der Waals surface area contributed by atoms with Crippen molar-refractivity contribution < 1.29 is 0 Å². The highest BCUT2D eigenvalue weighted by atomic mass is 15.2. The average Bonchev–Trinajstić information content (AvgIpc) is 2.55. The molecule has 1 aromatic heterocycles. The van der Waals surface area contributed by atoms with Crippen LogP contribution < -0.4 is 10.2 Å². The number of benzene rings is 1. The van der Waals surface area contributed by atoms with E-state index >= 15 is 0 Å². The molecule has 1 saturated heterocycles. The van der Waals surface area contributed by atoms with Crippen LogP contribution in [0.3, 0.4) is 0 Å². The predicted molar refractivity (Wildman–Crippen MR) is 89.8 cm³/mol. The Morgan fingerprint density at radius 1 is 1.29 bits per heavy atom. The summed E-state index contributed by atoms with van der Waals surface area (Å²) >= 11 is 0. The molecule has 2 aromatic rings. The summed E-state index contributed by atoms with van der Waals surface area (Å²) in [5.74, 6) is 1.89. The van der Waals surface area contributed by atoms with Gasteiger partial charge in [0.1, 0.15) is 5.82 Å². The molecule has 21 heavy (non-hydrogen) atoms. The first-order valence-corrected chi connectivity index (χ1v) is 8.18. The minimum atomic E-state index is 0.742. The number of hydrogen-bond acceptors (Lipinski definition) is 3. The fourth-order valence-electron chi connectivity index (χ4n) is 3.30. The average molecular weight is 283 g/mol. The minimum absolute atomic E-state index is 0.742.